The van der Waals surface area contributed by atoms with Gasteiger partial charge in [0.05, 0.1) is 11.3 Å². The lowest BCUT2D eigenvalue weighted by Gasteiger charge is -2.11. The summed E-state index contributed by atoms with van der Waals surface area (Å²) >= 11 is 0. The lowest BCUT2D eigenvalue weighted by Crippen LogP contribution is -2.05. The fraction of sp³-hybridized carbons (Fsp3) is 0.0909. The van der Waals surface area contributed by atoms with Crippen LogP contribution in [0.3, 0.4) is 0 Å². The Morgan fingerprint density at radius 1 is 0.966 bits per heavy atom. The number of benzene rings is 2. The van der Waals surface area contributed by atoms with E-state index >= 15 is 0 Å². The second-order valence-corrected chi connectivity index (χ2v) is 6.33. The molecule has 0 aliphatic carbocycles. The molecule has 0 radical (unpaired) electrons. The first-order valence-electron chi connectivity index (χ1n) is 8.68. The van der Waals surface area contributed by atoms with E-state index in [1.54, 1.807) is 24.4 Å². The average Bonchev–Trinajstić information content (AvgIpc) is 2.71. The summed E-state index contributed by atoms with van der Waals surface area (Å²) in [7, 11) is 0. The van der Waals surface area contributed by atoms with Gasteiger partial charge < -0.3 is 9.15 Å². The summed E-state index contributed by atoms with van der Waals surface area (Å²) in [5.41, 5.74) is 0.146. The zero-order chi connectivity index (χ0) is 20.4. The van der Waals surface area contributed by atoms with Gasteiger partial charge in [-0.25, -0.2) is 4.79 Å². The van der Waals surface area contributed by atoms with Crippen LogP contribution in [-0.4, -0.2) is 4.98 Å². The highest BCUT2D eigenvalue weighted by molar-refractivity contribution is 5.93. The average molecular weight is 397 g/mol. The van der Waals surface area contributed by atoms with Gasteiger partial charge in [0, 0.05) is 23.7 Å². The van der Waals surface area contributed by atoms with E-state index in [1.807, 2.05) is 12.1 Å². The van der Waals surface area contributed by atoms with Crippen LogP contribution < -0.4 is 10.4 Å². The number of alkyl halides is 3. The summed E-state index contributed by atoms with van der Waals surface area (Å²) in [5.74, 6) is 0.451. The van der Waals surface area contributed by atoms with Crippen molar-refractivity contribution < 1.29 is 22.3 Å². The molecule has 0 saturated heterocycles. The third kappa shape index (κ3) is 4.13. The molecule has 4 nitrogen and oxygen atoms in total. The number of fused-ring (bicyclic) bond motifs is 1. The summed E-state index contributed by atoms with van der Waals surface area (Å²) in [6.07, 6.45) is -2.82. The van der Waals surface area contributed by atoms with E-state index in [4.69, 9.17) is 9.15 Å². The molecule has 29 heavy (non-hydrogen) atoms. The molecule has 0 saturated carbocycles. The molecule has 2 heterocycles. The number of pyridine rings is 1. The maximum Gasteiger partial charge on any atom is 0.416 e. The Kier molecular flexibility index (Phi) is 4.80. The van der Waals surface area contributed by atoms with Crippen LogP contribution in [0, 0.1) is 0 Å². The van der Waals surface area contributed by atoms with Crippen LogP contribution >= 0.6 is 0 Å². The van der Waals surface area contributed by atoms with Crippen LogP contribution in [-0.2, 0) is 12.8 Å². The van der Waals surface area contributed by atoms with E-state index in [0.717, 1.165) is 17.8 Å². The van der Waals surface area contributed by atoms with E-state index in [9.17, 15) is 18.0 Å². The number of ether oxygens (including phenoxy) is 1. The molecule has 0 spiro atoms. The Hall–Kier alpha value is -3.61. The summed E-state index contributed by atoms with van der Waals surface area (Å²) in [4.78, 5) is 16.2. The Balaban J connectivity index is 1.72. The molecule has 0 aliphatic heterocycles. The largest absolute Gasteiger partial charge is 0.487 e. The fourth-order valence-electron chi connectivity index (χ4n) is 2.98. The second kappa shape index (κ2) is 7.43. The Labute approximate surface area is 163 Å². The number of aromatic nitrogens is 1. The molecule has 4 aromatic rings. The Morgan fingerprint density at radius 2 is 1.83 bits per heavy atom. The quantitative estimate of drug-likeness (QED) is 0.430. The van der Waals surface area contributed by atoms with Crippen molar-refractivity contribution in [2.45, 2.75) is 12.8 Å². The molecule has 0 aliphatic rings. The fourth-order valence-corrected chi connectivity index (χ4v) is 2.98. The number of halogens is 3. The smallest absolute Gasteiger partial charge is 0.416 e. The first-order chi connectivity index (χ1) is 13.9. The van der Waals surface area contributed by atoms with E-state index in [1.165, 1.54) is 24.3 Å². The molecule has 0 atom stereocenters. The SMILES string of the molecule is O=c1cc(-c2cccc(C(F)(F)F)c2)c2ccc(OCc3ccccn3)cc2o1. The third-order valence-corrected chi connectivity index (χ3v) is 4.33. The summed E-state index contributed by atoms with van der Waals surface area (Å²) in [6, 6.07) is 16.3. The van der Waals surface area contributed by atoms with Crippen molar-refractivity contribution in [2.75, 3.05) is 0 Å². The van der Waals surface area contributed by atoms with E-state index in [0.29, 0.717) is 16.7 Å². The van der Waals surface area contributed by atoms with Crippen LogP contribution in [0.1, 0.15) is 11.3 Å². The van der Waals surface area contributed by atoms with Crippen molar-refractivity contribution in [2.24, 2.45) is 0 Å². The van der Waals surface area contributed by atoms with Gasteiger partial charge in [-0.1, -0.05) is 18.2 Å². The number of hydrogen-bond acceptors (Lipinski definition) is 4. The molecular weight excluding hydrogens is 383 g/mol. The monoisotopic (exact) mass is 397 g/mol. The molecule has 0 fully saturated rings. The van der Waals surface area contributed by atoms with Crippen LogP contribution in [0.4, 0.5) is 13.2 Å². The van der Waals surface area contributed by atoms with Crippen LogP contribution in [0.2, 0.25) is 0 Å². The highest BCUT2D eigenvalue weighted by Gasteiger charge is 2.30. The molecule has 146 valence electrons. The lowest BCUT2D eigenvalue weighted by atomic mass is 10.00. The predicted molar refractivity (Wildman–Crippen MR) is 101 cm³/mol. The van der Waals surface area contributed by atoms with Gasteiger partial charge in [-0.15, -0.1) is 0 Å². The highest BCUT2D eigenvalue weighted by Crippen LogP contribution is 2.34. The minimum atomic E-state index is -4.47. The molecule has 0 unspecified atom stereocenters. The van der Waals surface area contributed by atoms with Gasteiger partial charge in [-0.2, -0.15) is 13.2 Å². The first-order valence-corrected chi connectivity index (χ1v) is 8.68. The molecule has 7 heteroatoms. The molecule has 0 amide bonds. The Morgan fingerprint density at radius 3 is 2.59 bits per heavy atom. The van der Waals surface area contributed by atoms with Crippen molar-refractivity contribution in [3.8, 4) is 16.9 Å². The topological polar surface area (TPSA) is 52.3 Å². The van der Waals surface area contributed by atoms with Gasteiger partial charge >= 0.3 is 11.8 Å². The maximum atomic E-state index is 13.1. The molecule has 2 aromatic heterocycles. The molecule has 0 N–H and O–H groups in total. The van der Waals surface area contributed by atoms with Gasteiger partial charge in [-0.3, -0.25) is 4.98 Å². The lowest BCUT2D eigenvalue weighted by molar-refractivity contribution is -0.137. The van der Waals surface area contributed by atoms with Gasteiger partial charge in [0.1, 0.15) is 17.9 Å². The molecule has 4 rings (SSSR count). The molecule has 2 aromatic carbocycles. The maximum absolute atomic E-state index is 13.1. The second-order valence-electron chi connectivity index (χ2n) is 6.33. The van der Waals surface area contributed by atoms with Crippen molar-refractivity contribution in [3.05, 3.63) is 94.6 Å². The van der Waals surface area contributed by atoms with Gasteiger partial charge in [-0.05, 0) is 47.5 Å². The zero-order valence-corrected chi connectivity index (χ0v) is 14.9. The summed E-state index contributed by atoms with van der Waals surface area (Å²) in [5, 5.41) is 0.508. The van der Waals surface area contributed by atoms with Crippen LogP contribution in [0.25, 0.3) is 22.1 Å². The predicted octanol–water partition coefficient (Wildman–Crippen LogP) is 5.45. The number of rotatable bonds is 4. The van der Waals surface area contributed by atoms with Crippen molar-refractivity contribution in [1.29, 1.82) is 0 Å². The van der Waals surface area contributed by atoms with Crippen LogP contribution in [0.15, 0.2) is 82.1 Å². The van der Waals surface area contributed by atoms with Gasteiger partial charge in [0.25, 0.3) is 0 Å². The number of hydrogen-bond donors (Lipinski definition) is 0. The minimum absolute atomic E-state index is 0.225. The zero-order valence-electron chi connectivity index (χ0n) is 14.9. The summed E-state index contributed by atoms with van der Waals surface area (Å²) < 4.78 is 50.1. The standard InChI is InChI=1S/C22H14F3NO3/c23-22(24,25)15-5-3-4-14(10-15)19-12-21(27)29-20-11-17(7-8-18(19)20)28-13-16-6-1-2-9-26-16/h1-12H,13H2. The first kappa shape index (κ1) is 18.7. The normalized spacial score (nSPS) is 11.6. The van der Waals surface area contributed by atoms with E-state index in [-0.39, 0.29) is 17.8 Å². The highest BCUT2D eigenvalue weighted by atomic mass is 19.4. The van der Waals surface area contributed by atoms with Crippen molar-refractivity contribution in [3.63, 3.8) is 0 Å². The minimum Gasteiger partial charge on any atom is -0.487 e. The van der Waals surface area contributed by atoms with Crippen molar-refractivity contribution in [1.82, 2.24) is 4.98 Å². The van der Waals surface area contributed by atoms with Crippen LogP contribution in [0.5, 0.6) is 5.75 Å². The summed E-state index contributed by atoms with van der Waals surface area (Å²) in [6.45, 7) is 0.226. The van der Waals surface area contributed by atoms with Crippen molar-refractivity contribution >= 4 is 11.0 Å². The molecular formula is C22H14F3NO3. The number of nitrogens with zero attached hydrogens (tertiary/aromatic N) is 1. The van der Waals surface area contributed by atoms with E-state index < -0.39 is 17.4 Å². The third-order valence-electron chi connectivity index (χ3n) is 4.33. The molecule has 0 bridgehead atoms. The Bertz CT molecular complexity index is 1220. The van der Waals surface area contributed by atoms with Gasteiger partial charge in [0.15, 0.2) is 0 Å². The van der Waals surface area contributed by atoms with E-state index in [2.05, 4.69) is 4.98 Å². The van der Waals surface area contributed by atoms with Gasteiger partial charge in [0.2, 0.25) is 0 Å².